The fraction of sp³-hybridized carbons (Fsp3) is 0. The molecule has 0 saturated carbocycles. The van der Waals surface area contributed by atoms with Crippen molar-refractivity contribution in [2.75, 3.05) is 0 Å². The van der Waals surface area contributed by atoms with E-state index >= 15 is 0 Å². The van der Waals surface area contributed by atoms with Crippen LogP contribution in [0.15, 0.2) is 54.7 Å². The van der Waals surface area contributed by atoms with E-state index in [1.54, 1.807) is 12.3 Å². The Morgan fingerprint density at radius 2 is 1.85 bits per heavy atom. The minimum Gasteiger partial charge on any atom is -0.298 e. The van der Waals surface area contributed by atoms with Crippen molar-refractivity contribution in [3.63, 3.8) is 0 Å². The number of benzene rings is 1. The molecule has 0 amide bonds. The Morgan fingerprint density at radius 3 is 2.65 bits per heavy atom. The summed E-state index contributed by atoms with van der Waals surface area (Å²) in [7, 11) is 0. The minimum absolute atomic E-state index is 0.476. The lowest BCUT2D eigenvalue weighted by molar-refractivity contribution is 0.112. The maximum absolute atomic E-state index is 11.2. The van der Waals surface area contributed by atoms with Crippen molar-refractivity contribution >= 4 is 17.2 Å². The summed E-state index contributed by atoms with van der Waals surface area (Å²) in [6.07, 6.45) is 2.46. The van der Waals surface area contributed by atoms with Crippen molar-refractivity contribution in [3.05, 3.63) is 71.7 Å². The summed E-state index contributed by atoms with van der Waals surface area (Å²) in [4.78, 5) is 19.7. The van der Waals surface area contributed by atoms with Gasteiger partial charge in [0.1, 0.15) is 11.4 Å². The van der Waals surface area contributed by atoms with Crippen molar-refractivity contribution in [2.24, 2.45) is 0 Å². The van der Waals surface area contributed by atoms with E-state index in [2.05, 4.69) is 21.8 Å². The van der Waals surface area contributed by atoms with Crippen molar-refractivity contribution in [1.82, 2.24) is 9.97 Å². The highest BCUT2D eigenvalue weighted by Gasteiger charge is 2.03. The number of rotatable bonds is 1. The summed E-state index contributed by atoms with van der Waals surface area (Å²) in [6.45, 7) is 0. The van der Waals surface area contributed by atoms with Crippen LogP contribution in [-0.4, -0.2) is 16.3 Å². The van der Waals surface area contributed by atoms with Gasteiger partial charge in [-0.25, -0.2) is 9.97 Å². The Morgan fingerprint density at radius 1 is 1.00 bits per heavy atom. The number of aromatic nitrogens is 2. The number of para-hydroxylation sites is 1. The lowest BCUT2D eigenvalue weighted by Crippen LogP contribution is -1.93. The van der Waals surface area contributed by atoms with Gasteiger partial charge < -0.3 is 0 Å². The van der Waals surface area contributed by atoms with Gasteiger partial charge in [-0.2, -0.15) is 0 Å². The molecule has 0 aliphatic heterocycles. The third-order valence-electron chi connectivity index (χ3n) is 2.85. The zero-order valence-corrected chi connectivity index (χ0v) is 10.6. The highest BCUT2D eigenvalue weighted by Crippen LogP contribution is 2.15. The Hall–Kier alpha value is -2.99. The van der Waals surface area contributed by atoms with Crippen LogP contribution >= 0.6 is 0 Å². The van der Waals surface area contributed by atoms with E-state index in [1.165, 1.54) is 0 Å². The lowest BCUT2D eigenvalue weighted by atomic mass is 10.1. The molecule has 0 aliphatic rings. The normalized spacial score (nSPS) is 9.80. The number of nitrogens with zero attached hydrogens (tertiary/aromatic N) is 2. The maximum atomic E-state index is 11.2. The SMILES string of the molecule is O=Cc1cc2ccccc2nc1C#Cc1ccccn1. The average Bonchev–Trinajstić information content (AvgIpc) is 2.53. The van der Waals surface area contributed by atoms with Gasteiger partial charge in [-0.1, -0.05) is 24.3 Å². The van der Waals surface area contributed by atoms with Crippen LogP contribution in [0.4, 0.5) is 0 Å². The van der Waals surface area contributed by atoms with E-state index in [-0.39, 0.29) is 0 Å². The fourth-order valence-corrected chi connectivity index (χ4v) is 1.88. The molecule has 2 aromatic heterocycles. The number of pyridine rings is 2. The van der Waals surface area contributed by atoms with Gasteiger partial charge in [0.2, 0.25) is 0 Å². The Labute approximate surface area is 116 Å². The molecule has 0 radical (unpaired) electrons. The highest BCUT2D eigenvalue weighted by atomic mass is 16.1. The monoisotopic (exact) mass is 258 g/mol. The highest BCUT2D eigenvalue weighted by molar-refractivity contribution is 5.88. The van der Waals surface area contributed by atoms with Gasteiger partial charge in [-0.05, 0) is 36.1 Å². The van der Waals surface area contributed by atoms with Crippen LogP contribution in [0.2, 0.25) is 0 Å². The van der Waals surface area contributed by atoms with Crippen molar-refractivity contribution in [2.45, 2.75) is 0 Å². The van der Waals surface area contributed by atoms with Gasteiger partial charge in [0.15, 0.2) is 6.29 Å². The van der Waals surface area contributed by atoms with Crippen LogP contribution in [0.1, 0.15) is 21.7 Å². The molecule has 1 aromatic carbocycles. The van der Waals surface area contributed by atoms with E-state index in [1.807, 2.05) is 42.5 Å². The molecule has 20 heavy (non-hydrogen) atoms. The molecule has 94 valence electrons. The topological polar surface area (TPSA) is 42.9 Å². The van der Waals surface area contributed by atoms with Crippen molar-refractivity contribution in [1.29, 1.82) is 0 Å². The zero-order valence-electron chi connectivity index (χ0n) is 10.6. The third kappa shape index (κ3) is 2.40. The van der Waals surface area contributed by atoms with E-state index in [9.17, 15) is 4.79 Å². The fourth-order valence-electron chi connectivity index (χ4n) is 1.88. The molecule has 0 atom stereocenters. The second kappa shape index (κ2) is 5.33. The second-order valence-corrected chi connectivity index (χ2v) is 4.20. The van der Waals surface area contributed by atoms with E-state index in [4.69, 9.17) is 0 Å². The average molecular weight is 258 g/mol. The molecule has 3 nitrogen and oxygen atoms in total. The number of aldehydes is 1. The summed E-state index contributed by atoms with van der Waals surface area (Å²) < 4.78 is 0. The second-order valence-electron chi connectivity index (χ2n) is 4.20. The smallest absolute Gasteiger partial charge is 0.152 e. The van der Waals surface area contributed by atoms with Crippen LogP contribution < -0.4 is 0 Å². The lowest BCUT2D eigenvalue weighted by Gasteiger charge is -2.00. The van der Waals surface area contributed by atoms with E-state index in [0.29, 0.717) is 17.0 Å². The van der Waals surface area contributed by atoms with Crippen LogP contribution in [0.25, 0.3) is 10.9 Å². The number of hydrogen-bond acceptors (Lipinski definition) is 3. The summed E-state index contributed by atoms with van der Waals surface area (Å²) in [6, 6.07) is 15.0. The van der Waals surface area contributed by atoms with Gasteiger partial charge in [0, 0.05) is 17.1 Å². The van der Waals surface area contributed by atoms with Crippen LogP contribution in [-0.2, 0) is 0 Å². The Balaban J connectivity index is 2.11. The number of hydrogen-bond donors (Lipinski definition) is 0. The van der Waals surface area contributed by atoms with E-state index < -0.39 is 0 Å². The van der Waals surface area contributed by atoms with Crippen molar-refractivity contribution in [3.8, 4) is 11.8 Å². The third-order valence-corrected chi connectivity index (χ3v) is 2.85. The first-order chi connectivity index (χ1) is 9.86. The molecular formula is C17H10N2O. The molecule has 0 saturated heterocycles. The van der Waals surface area contributed by atoms with Crippen molar-refractivity contribution < 1.29 is 4.79 Å². The van der Waals surface area contributed by atoms with E-state index in [0.717, 1.165) is 17.2 Å². The summed E-state index contributed by atoms with van der Waals surface area (Å²) >= 11 is 0. The first-order valence-electron chi connectivity index (χ1n) is 6.15. The summed E-state index contributed by atoms with van der Waals surface area (Å²) in [5, 5.41) is 0.929. The summed E-state index contributed by atoms with van der Waals surface area (Å²) in [5.74, 6) is 5.84. The molecule has 3 rings (SSSR count). The standard InChI is InChI=1S/C17H10N2O/c20-12-14-11-13-5-1-2-7-16(13)19-17(14)9-8-15-6-3-4-10-18-15/h1-7,10-12H. The molecular weight excluding hydrogens is 248 g/mol. The largest absolute Gasteiger partial charge is 0.298 e. The van der Waals surface area contributed by atoms with Gasteiger partial charge in [-0.15, -0.1) is 0 Å². The molecule has 0 bridgehead atoms. The Kier molecular flexibility index (Phi) is 3.22. The molecule has 3 aromatic rings. The predicted molar refractivity (Wildman–Crippen MR) is 77.3 cm³/mol. The molecule has 0 N–H and O–H groups in total. The van der Waals surface area contributed by atoms with Crippen LogP contribution in [0, 0.1) is 11.8 Å². The quantitative estimate of drug-likeness (QED) is 0.498. The van der Waals surface area contributed by atoms with Crippen LogP contribution in [0.5, 0.6) is 0 Å². The van der Waals surface area contributed by atoms with Gasteiger partial charge in [0.25, 0.3) is 0 Å². The first-order valence-corrected chi connectivity index (χ1v) is 6.15. The van der Waals surface area contributed by atoms with Crippen LogP contribution in [0.3, 0.4) is 0 Å². The zero-order chi connectivity index (χ0) is 13.8. The van der Waals surface area contributed by atoms with Gasteiger partial charge in [0.05, 0.1) is 5.52 Å². The Bertz CT molecular complexity index is 830. The molecule has 0 aliphatic carbocycles. The van der Waals surface area contributed by atoms with Gasteiger partial charge >= 0.3 is 0 Å². The summed E-state index contributed by atoms with van der Waals surface area (Å²) in [5.41, 5.74) is 2.44. The first kappa shape index (κ1) is 12.1. The number of carbonyl (C=O) groups is 1. The molecule has 0 unspecified atom stereocenters. The molecule has 0 spiro atoms. The predicted octanol–water partition coefficient (Wildman–Crippen LogP) is 2.84. The molecule has 3 heteroatoms. The number of fused-ring (bicyclic) bond motifs is 1. The molecule has 2 heterocycles. The minimum atomic E-state index is 0.476. The number of carbonyl (C=O) groups excluding carboxylic acids is 1. The maximum Gasteiger partial charge on any atom is 0.152 e. The van der Waals surface area contributed by atoms with Gasteiger partial charge in [-0.3, -0.25) is 4.79 Å². The molecule has 0 fully saturated rings.